The summed E-state index contributed by atoms with van der Waals surface area (Å²) >= 11 is 0. The summed E-state index contributed by atoms with van der Waals surface area (Å²) in [5.41, 5.74) is 1.12. The number of aliphatic hydroxyl groups is 2. The topological polar surface area (TPSA) is 159 Å². The van der Waals surface area contributed by atoms with Crippen LogP contribution in [-0.4, -0.2) is 46.3 Å². The second-order valence-electron chi connectivity index (χ2n) is 11.5. The van der Waals surface area contributed by atoms with Crippen LogP contribution in [0.2, 0.25) is 0 Å². The third-order valence-electron chi connectivity index (χ3n) is 8.12. The van der Waals surface area contributed by atoms with E-state index in [2.05, 4.69) is 10.6 Å². The fourth-order valence-corrected chi connectivity index (χ4v) is 5.64. The summed E-state index contributed by atoms with van der Waals surface area (Å²) in [6, 6.07) is 31.1. The SMILES string of the molecule is O=C(N[C@@H](Cc1ccccc1)[C@H](O)[C@H](O)[C@@H](Cc1ccccc1)NC(=O)c1cc(=O)c2ccccc2o1)c1cc(=O)c2ccccc2o1. The van der Waals surface area contributed by atoms with Crippen molar-refractivity contribution in [3.8, 4) is 0 Å². The quantitative estimate of drug-likeness (QED) is 0.165. The third kappa shape index (κ3) is 7.25. The van der Waals surface area contributed by atoms with E-state index < -0.39 is 47.0 Å². The van der Waals surface area contributed by atoms with Crippen LogP contribution in [0.5, 0.6) is 0 Å². The van der Waals surface area contributed by atoms with Gasteiger partial charge >= 0.3 is 0 Å². The molecule has 10 nitrogen and oxygen atoms in total. The lowest BCUT2D eigenvalue weighted by atomic mass is 9.91. The Bertz CT molecular complexity index is 2020. The van der Waals surface area contributed by atoms with Crippen molar-refractivity contribution in [2.24, 2.45) is 0 Å². The molecule has 242 valence electrons. The zero-order chi connectivity index (χ0) is 33.6. The summed E-state index contributed by atoms with van der Waals surface area (Å²) in [5.74, 6) is -2.07. The lowest BCUT2D eigenvalue weighted by molar-refractivity contribution is -0.0222. The number of amides is 2. The number of hydrogen-bond donors (Lipinski definition) is 4. The summed E-state index contributed by atoms with van der Waals surface area (Å²) in [6.45, 7) is 0. The van der Waals surface area contributed by atoms with Gasteiger partial charge in [-0.3, -0.25) is 19.2 Å². The summed E-state index contributed by atoms with van der Waals surface area (Å²) in [7, 11) is 0. The van der Waals surface area contributed by atoms with Crippen molar-refractivity contribution in [1.29, 1.82) is 0 Å². The summed E-state index contributed by atoms with van der Waals surface area (Å²) in [4.78, 5) is 52.4. The normalized spacial score (nSPS) is 13.8. The Hall–Kier alpha value is -5.84. The van der Waals surface area contributed by atoms with E-state index in [0.29, 0.717) is 10.8 Å². The lowest BCUT2D eigenvalue weighted by Crippen LogP contribution is -2.57. The maximum Gasteiger partial charge on any atom is 0.287 e. The predicted octanol–water partition coefficient (Wildman–Crippen LogP) is 4.00. The van der Waals surface area contributed by atoms with Gasteiger partial charge in [-0.25, -0.2) is 0 Å². The number of aliphatic hydroxyl groups excluding tert-OH is 2. The van der Waals surface area contributed by atoms with Gasteiger partial charge in [0, 0.05) is 12.1 Å². The molecule has 0 fully saturated rings. The van der Waals surface area contributed by atoms with E-state index in [9.17, 15) is 29.4 Å². The van der Waals surface area contributed by atoms with Crippen LogP contribution in [0.15, 0.2) is 140 Å². The van der Waals surface area contributed by atoms with Crippen molar-refractivity contribution in [2.45, 2.75) is 37.1 Å². The zero-order valence-electron chi connectivity index (χ0n) is 25.6. The first kappa shape index (κ1) is 32.1. The van der Waals surface area contributed by atoms with Crippen LogP contribution in [0.4, 0.5) is 0 Å². The summed E-state index contributed by atoms with van der Waals surface area (Å²) in [6.07, 6.45) is -3.07. The fourth-order valence-electron chi connectivity index (χ4n) is 5.64. The summed E-state index contributed by atoms with van der Waals surface area (Å²) < 4.78 is 11.4. The molecule has 0 aliphatic heterocycles. The monoisotopic (exact) mass is 644 g/mol. The molecular formula is C38H32N2O8. The van der Waals surface area contributed by atoms with Crippen molar-refractivity contribution in [1.82, 2.24) is 10.6 Å². The molecule has 48 heavy (non-hydrogen) atoms. The number of fused-ring (bicyclic) bond motifs is 2. The molecule has 0 radical (unpaired) electrons. The molecule has 2 amide bonds. The van der Waals surface area contributed by atoms with Gasteiger partial charge < -0.3 is 29.7 Å². The highest BCUT2D eigenvalue weighted by atomic mass is 16.4. The first-order valence-corrected chi connectivity index (χ1v) is 15.4. The Morgan fingerprint density at radius 3 is 1.29 bits per heavy atom. The number of rotatable bonds is 11. The van der Waals surface area contributed by atoms with Crippen molar-refractivity contribution in [2.75, 3.05) is 0 Å². The smallest absolute Gasteiger partial charge is 0.287 e. The maximum atomic E-state index is 13.5. The third-order valence-corrected chi connectivity index (χ3v) is 8.12. The van der Waals surface area contributed by atoms with Gasteiger partial charge in [0.05, 0.1) is 22.9 Å². The summed E-state index contributed by atoms with van der Waals surface area (Å²) in [5, 5.41) is 29.5. The maximum absolute atomic E-state index is 13.5. The van der Waals surface area contributed by atoms with E-state index in [1.807, 2.05) is 12.1 Å². The number of carbonyl (C=O) groups is 2. The van der Waals surface area contributed by atoms with Crippen molar-refractivity contribution in [3.05, 3.63) is 164 Å². The van der Waals surface area contributed by atoms with Crippen LogP contribution in [0.25, 0.3) is 21.9 Å². The highest BCUT2D eigenvalue weighted by Gasteiger charge is 2.35. The average molecular weight is 645 g/mol. The highest BCUT2D eigenvalue weighted by Crippen LogP contribution is 2.18. The molecule has 6 aromatic rings. The molecule has 4 aromatic carbocycles. The second-order valence-corrected chi connectivity index (χ2v) is 11.5. The minimum absolute atomic E-state index is 0.0914. The number of benzene rings is 4. The predicted molar refractivity (Wildman–Crippen MR) is 180 cm³/mol. The van der Waals surface area contributed by atoms with E-state index in [0.717, 1.165) is 23.3 Å². The van der Waals surface area contributed by atoms with Crippen LogP contribution < -0.4 is 21.5 Å². The van der Waals surface area contributed by atoms with E-state index in [1.165, 1.54) is 0 Å². The van der Waals surface area contributed by atoms with Crippen LogP contribution in [0.3, 0.4) is 0 Å². The molecule has 2 aromatic heterocycles. The Morgan fingerprint density at radius 1 is 0.542 bits per heavy atom. The van der Waals surface area contributed by atoms with Crippen LogP contribution in [-0.2, 0) is 12.8 Å². The minimum Gasteiger partial charge on any atom is -0.451 e. The molecule has 0 aliphatic rings. The first-order chi connectivity index (χ1) is 23.3. The number of para-hydroxylation sites is 2. The van der Waals surface area contributed by atoms with E-state index in [1.54, 1.807) is 97.1 Å². The number of nitrogens with one attached hydrogen (secondary N) is 2. The van der Waals surface area contributed by atoms with Crippen LogP contribution in [0, 0.1) is 0 Å². The Kier molecular flexibility index (Phi) is 9.56. The van der Waals surface area contributed by atoms with Gasteiger partial charge in [-0.15, -0.1) is 0 Å². The van der Waals surface area contributed by atoms with Gasteiger partial charge in [0.25, 0.3) is 11.8 Å². The molecular weight excluding hydrogens is 612 g/mol. The molecule has 0 unspecified atom stereocenters. The molecule has 0 spiro atoms. The number of carbonyl (C=O) groups excluding carboxylic acids is 2. The average Bonchev–Trinajstić information content (AvgIpc) is 3.11. The van der Waals surface area contributed by atoms with Gasteiger partial charge in [-0.1, -0.05) is 84.9 Å². The largest absolute Gasteiger partial charge is 0.451 e. The molecule has 6 rings (SSSR count). The molecule has 4 N–H and O–H groups in total. The standard InChI is InChI=1S/C38H32N2O8/c41-29-21-33(47-31-17-9-7-15-25(29)31)37(45)39-27(19-23-11-3-1-4-12-23)35(43)36(44)28(20-24-13-5-2-6-14-24)40-38(46)34-22-30(42)26-16-8-10-18-32(26)48-34/h1-18,21-22,27-28,35-36,43-44H,19-20H2,(H,39,45)(H,40,46)/t27-,28+,35-,36+. The first-order valence-electron chi connectivity index (χ1n) is 15.4. The second kappa shape index (κ2) is 14.3. The van der Waals surface area contributed by atoms with Gasteiger partial charge in [-0.05, 0) is 48.2 Å². The molecule has 0 saturated heterocycles. The number of hydrogen-bond acceptors (Lipinski definition) is 8. The Labute approximate surface area is 274 Å². The lowest BCUT2D eigenvalue weighted by Gasteiger charge is -2.33. The van der Waals surface area contributed by atoms with Crippen molar-refractivity contribution >= 4 is 33.8 Å². The molecule has 4 atom stereocenters. The van der Waals surface area contributed by atoms with Gasteiger partial charge in [0.15, 0.2) is 22.4 Å². The van der Waals surface area contributed by atoms with E-state index in [4.69, 9.17) is 8.83 Å². The van der Waals surface area contributed by atoms with Crippen LogP contribution in [0.1, 0.15) is 32.2 Å². The van der Waals surface area contributed by atoms with Gasteiger partial charge in [-0.2, -0.15) is 0 Å². The Morgan fingerprint density at radius 2 is 0.896 bits per heavy atom. The molecule has 0 aliphatic carbocycles. The molecule has 2 heterocycles. The van der Waals surface area contributed by atoms with Gasteiger partial charge in [0.2, 0.25) is 0 Å². The van der Waals surface area contributed by atoms with Crippen molar-refractivity contribution in [3.63, 3.8) is 0 Å². The zero-order valence-corrected chi connectivity index (χ0v) is 25.6. The van der Waals surface area contributed by atoms with E-state index >= 15 is 0 Å². The minimum atomic E-state index is -1.63. The highest BCUT2D eigenvalue weighted by molar-refractivity contribution is 5.94. The molecule has 0 bridgehead atoms. The van der Waals surface area contributed by atoms with Crippen LogP contribution >= 0.6 is 0 Å². The van der Waals surface area contributed by atoms with E-state index in [-0.39, 0.29) is 35.5 Å². The fraction of sp³-hybridized carbons (Fsp3) is 0.158. The van der Waals surface area contributed by atoms with Crippen molar-refractivity contribution < 1.29 is 28.6 Å². The molecule has 0 saturated carbocycles. The van der Waals surface area contributed by atoms with Gasteiger partial charge in [0.1, 0.15) is 23.4 Å². The molecule has 10 heteroatoms. The Balaban J connectivity index is 1.30.